The van der Waals surface area contributed by atoms with Crippen LogP contribution in [-0.4, -0.2) is 15.6 Å². The molecule has 18 heavy (non-hydrogen) atoms. The summed E-state index contributed by atoms with van der Waals surface area (Å²) in [6.07, 6.45) is 2.46. The first-order valence-corrected chi connectivity index (χ1v) is 6.45. The van der Waals surface area contributed by atoms with Gasteiger partial charge in [0.15, 0.2) is 0 Å². The summed E-state index contributed by atoms with van der Waals surface area (Å²) in [7, 11) is 0. The Kier molecular flexibility index (Phi) is 3.91. The smallest absolute Gasteiger partial charge is 0.212 e. The molecule has 2 aromatic rings. The third kappa shape index (κ3) is 2.36. The highest BCUT2D eigenvalue weighted by molar-refractivity contribution is 9.10. The lowest BCUT2D eigenvalue weighted by Gasteiger charge is -2.07. The van der Waals surface area contributed by atoms with Crippen molar-refractivity contribution in [3.05, 3.63) is 52.0 Å². The molecule has 0 aliphatic carbocycles. The number of ketones is 1. The van der Waals surface area contributed by atoms with Crippen molar-refractivity contribution >= 4 is 21.7 Å². The second-order valence-electron chi connectivity index (χ2n) is 3.87. The molecule has 1 aromatic heterocycles. The fourth-order valence-electron chi connectivity index (χ4n) is 1.73. The highest BCUT2D eigenvalue weighted by Gasteiger charge is 2.18. The van der Waals surface area contributed by atoms with E-state index >= 15 is 0 Å². The summed E-state index contributed by atoms with van der Waals surface area (Å²) in [6, 6.07) is 6.08. The first-order valence-electron chi connectivity index (χ1n) is 5.65. The van der Waals surface area contributed by atoms with Gasteiger partial charge < -0.3 is 0 Å². The van der Waals surface area contributed by atoms with Crippen LogP contribution in [0.5, 0.6) is 0 Å². The number of nitrogens with zero attached hydrogens (tertiary/aromatic N) is 2. The van der Waals surface area contributed by atoms with Crippen LogP contribution < -0.4 is 0 Å². The van der Waals surface area contributed by atoms with E-state index in [2.05, 4.69) is 21.0 Å². The van der Waals surface area contributed by atoms with Crippen LogP contribution in [-0.2, 0) is 6.54 Å². The molecule has 0 amide bonds. The minimum Gasteiger partial charge on any atom is -0.287 e. The van der Waals surface area contributed by atoms with Gasteiger partial charge in [-0.2, -0.15) is 5.10 Å². The van der Waals surface area contributed by atoms with Crippen LogP contribution in [0.1, 0.15) is 29.4 Å². The molecule has 1 heterocycles. The zero-order chi connectivity index (χ0) is 13.1. The van der Waals surface area contributed by atoms with Crippen LogP contribution in [0.4, 0.5) is 4.39 Å². The Labute approximate surface area is 113 Å². The Bertz CT molecular complexity index is 580. The Morgan fingerprint density at radius 1 is 1.44 bits per heavy atom. The maximum absolute atomic E-state index is 13.4. The monoisotopic (exact) mass is 310 g/mol. The molecule has 3 nitrogen and oxygen atoms in total. The molecule has 0 saturated heterocycles. The number of rotatable bonds is 4. The molecule has 5 heteroatoms. The predicted octanol–water partition coefficient (Wildman–Crippen LogP) is 3.43. The SMILES string of the molecule is CCCn1nccc1C(=O)c1cccc(F)c1Br. The molecule has 94 valence electrons. The van der Waals surface area contributed by atoms with Gasteiger partial charge in [0.1, 0.15) is 11.5 Å². The van der Waals surface area contributed by atoms with Crippen LogP contribution in [0.25, 0.3) is 0 Å². The zero-order valence-corrected chi connectivity index (χ0v) is 11.4. The lowest BCUT2D eigenvalue weighted by Crippen LogP contribution is -2.12. The van der Waals surface area contributed by atoms with Crippen molar-refractivity contribution in [1.29, 1.82) is 0 Å². The number of aryl methyl sites for hydroxylation is 1. The number of carbonyl (C=O) groups is 1. The van der Waals surface area contributed by atoms with E-state index < -0.39 is 5.82 Å². The highest BCUT2D eigenvalue weighted by atomic mass is 79.9. The van der Waals surface area contributed by atoms with E-state index in [1.165, 1.54) is 12.1 Å². The molecule has 0 unspecified atom stereocenters. The van der Waals surface area contributed by atoms with Gasteiger partial charge >= 0.3 is 0 Å². The standard InChI is InChI=1S/C13H12BrFN2O/c1-2-8-17-11(6-7-16-17)13(18)9-4-3-5-10(15)12(9)14/h3-7H,2,8H2,1H3. The molecule has 0 bridgehead atoms. The van der Waals surface area contributed by atoms with Crippen molar-refractivity contribution in [3.8, 4) is 0 Å². The fraction of sp³-hybridized carbons (Fsp3) is 0.231. The van der Waals surface area contributed by atoms with E-state index in [9.17, 15) is 9.18 Å². The Morgan fingerprint density at radius 2 is 2.22 bits per heavy atom. The Morgan fingerprint density at radius 3 is 2.94 bits per heavy atom. The molecular weight excluding hydrogens is 299 g/mol. The first kappa shape index (κ1) is 13.0. The van der Waals surface area contributed by atoms with E-state index in [-0.39, 0.29) is 10.3 Å². The summed E-state index contributed by atoms with van der Waals surface area (Å²) in [6.45, 7) is 2.68. The maximum Gasteiger partial charge on any atom is 0.212 e. The average Bonchev–Trinajstić information content (AvgIpc) is 2.80. The van der Waals surface area contributed by atoms with Gasteiger partial charge in [0.25, 0.3) is 0 Å². The maximum atomic E-state index is 13.4. The summed E-state index contributed by atoms with van der Waals surface area (Å²) in [5.74, 6) is -0.672. The molecule has 0 spiro atoms. The molecule has 0 radical (unpaired) electrons. The highest BCUT2D eigenvalue weighted by Crippen LogP contribution is 2.23. The Hall–Kier alpha value is -1.49. The number of hydrogen-bond acceptors (Lipinski definition) is 2. The minimum atomic E-state index is -0.442. The lowest BCUT2D eigenvalue weighted by atomic mass is 10.1. The van der Waals surface area contributed by atoms with Crippen molar-refractivity contribution in [2.45, 2.75) is 19.9 Å². The second kappa shape index (κ2) is 5.44. The van der Waals surface area contributed by atoms with Gasteiger partial charge in [-0.25, -0.2) is 4.39 Å². The number of aromatic nitrogens is 2. The van der Waals surface area contributed by atoms with Gasteiger partial charge in [0, 0.05) is 18.3 Å². The molecule has 2 rings (SSSR count). The summed E-state index contributed by atoms with van der Waals surface area (Å²) in [5.41, 5.74) is 0.788. The molecule has 0 saturated carbocycles. The number of halogens is 2. The van der Waals surface area contributed by atoms with Crippen molar-refractivity contribution in [3.63, 3.8) is 0 Å². The van der Waals surface area contributed by atoms with Gasteiger partial charge in [-0.15, -0.1) is 0 Å². The summed E-state index contributed by atoms with van der Waals surface area (Å²) >= 11 is 3.10. The Balaban J connectivity index is 2.42. The topological polar surface area (TPSA) is 34.9 Å². The predicted molar refractivity (Wildman–Crippen MR) is 70.1 cm³/mol. The second-order valence-corrected chi connectivity index (χ2v) is 4.66. The quantitative estimate of drug-likeness (QED) is 0.811. The molecule has 0 aliphatic rings. The van der Waals surface area contributed by atoms with E-state index in [4.69, 9.17) is 0 Å². The normalized spacial score (nSPS) is 10.6. The zero-order valence-electron chi connectivity index (χ0n) is 9.86. The average molecular weight is 311 g/mol. The molecule has 0 aliphatic heterocycles. The molecule has 0 atom stereocenters. The van der Waals surface area contributed by atoms with Crippen LogP contribution in [0.3, 0.4) is 0 Å². The summed E-state index contributed by atoms with van der Waals surface area (Å²) in [4.78, 5) is 12.3. The molecule has 1 aromatic carbocycles. The fourth-order valence-corrected chi connectivity index (χ4v) is 2.18. The van der Waals surface area contributed by atoms with Crippen molar-refractivity contribution in [1.82, 2.24) is 9.78 Å². The van der Waals surface area contributed by atoms with Gasteiger partial charge in [0.2, 0.25) is 5.78 Å². The van der Waals surface area contributed by atoms with Crippen LogP contribution in [0.2, 0.25) is 0 Å². The minimum absolute atomic E-state index is 0.194. The molecule has 0 N–H and O–H groups in total. The third-order valence-electron chi connectivity index (χ3n) is 2.58. The van der Waals surface area contributed by atoms with Crippen molar-refractivity contribution in [2.75, 3.05) is 0 Å². The summed E-state index contributed by atoms with van der Waals surface area (Å²) in [5, 5.41) is 4.09. The molecular formula is C13H12BrFN2O. The van der Waals surface area contributed by atoms with Crippen molar-refractivity contribution < 1.29 is 9.18 Å². The van der Waals surface area contributed by atoms with Gasteiger partial charge in [-0.1, -0.05) is 13.0 Å². The van der Waals surface area contributed by atoms with E-state index in [0.29, 0.717) is 17.8 Å². The third-order valence-corrected chi connectivity index (χ3v) is 3.39. The summed E-state index contributed by atoms with van der Waals surface area (Å²) < 4.78 is 15.2. The number of benzene rings is 1. The van der Waals surface area contributed by atoms with Crippen LogP contribution in [0.15, 0.2) is 34.9 Å². The molecule has 0 fully saturated rings. The first-order chi connectivity index (χ1) is 8.65. The van der Waals surface area contributed by atoms with E-state index in [0.717, 1.165) is 6.42 Å². The van der Waals surface area contributed by atoms with Crippen molar-refractivity contribution in [2.24, 2.45) is 0 Å². The van der Waals surface area contributed by atoms with Crippen LogP contribution in [0, 0.1) is 5.82 Å². The number of hydrogen-bond donors (Lipinski definition) is 0. The number of carbonyl (C=O) groups excluding carboxylic acids is 1. The van der Waals surface area contributed by atoms with E-state index in [1.807, 2.05) is 6.92 Å². The van der Waals surface area contributed by atoms with Gasteiger partial charge in [0.05, 0.1) is 4.47 Å². The lowest BCUT2D eigenvalue weighted by molar-refractivity contribution is 0.102. The van der Waals surface area contributed by atoms with Gasteiger partial charge in [-0.3, -0.25) is 9.48 Å². The van der Waals surface area contributed by atoms with Crippen LogP contribution >= 0.6 is 15.9 Å². The largest absolute Gasteiger partial charge is 0.287 e. The van der Waals surface area contributed by atoms with Gasteiger partial charge in [-0.05, 0) is 40.5 Å². The van der Waals surface area contributed by atoms with E-state index in [1.54, 1.807) is 23.0 Å².